The lowest BCUT2D eigenvalue weighted by atomic mass is 9.75. The van der Waals surface area contributed by atoms with Crippen molar-refractivity contribution in [2.45, 2.75) is 33.6 Å². The van der Waals surface area contributed by atoms with Crippen molar-refractivity contribution in [2.75, 3.05) is 39.4 Å². The standard InChI is InChI=1S/C30H36N4O8/c1-5-33(6-2)16-18-42-30(38)26-20(4)32-19(3)25(27(26)21-11-7-9-13-23(21)34(39)40)29(37)41-17-15-31-28(36)22-12-8-10-14-24(22)35/h7-14,26-27,35H,5-6,15-18H2,1-4H3,(H,31,36). The number of hydrogen-bond donors (Lipinski definition) is 2. The van der Waals surface area contributed by atoms with Crippen LogP contribution in [0.15, 0.2) is 64.8 Å². The van der Waals surface area contributed by atoms with Crippen molar-refractivity contribution in [1.82, 2.24) is 10.2 Å². The minimum atomic E-state index is -1.10. The van der Waals surface area contributed by atoms with E-state index in [0.717, 1.165) is 13.1 Å². The summed E-state index contributed by atoms with van der Waals surface area (Å²) in [5.74, 6) is -4.42. The lowest BCUT2D eigenvalue weighted by Gasteiger charge is -2.31. The predicted octanol–water partition coefficient (Wildman–Crippen LogP) is 3.61. The van der Waals surface area contributed by atoms with Gasteiger partial charge in [-0.1, -0.05) is 44.2 Å². The number of carbonyl (C=O) groups excluding carboxylic acids is 3. The summed E-state index contributed by atoms with van der Waals surface area (Å²) in [5.41, 5.74) is 0.569. The number of likely N-dealkylation sites (N-methyl/N-ethyl adjacent to an activating group) is 1. The number of nitrogens with one attached hydrogen (secondary N) is 1. The van der Waals surface area contributed by atoms with E-state index in [9.17, 15) is 29.6 Å². The molecule has 0 radical (unpaired) electrons. The molecule has 2 N–H and O–H groups in total. The maximum absolute atomic E-state index is 13.5. The number of hydrogen-bond acceptors (Lipinski definition) is 10. The van der Waals surface area contributed by atoms with Crippen LogP contribution in [0.1, 0.15) is 49.5 Å². The Kier molecular flexibility index (Phi) is 11.3. The van der Waals surface area contributed by atoms with Crippen molar-refractivity contribution < 1.29 is 33.9 Å². The molecule has 0 spiro atoms. The first-order valence-electron chi connectivity index (χ1n) is 13.7. The van der Waals surface area contributed by atoms with Crippen LogP contribution in [0.5, 0.6) is 5.75 Å². The number of nitro benzene ring substituents is 1. The van der Waals surface area contributed by atoms with Gasteiger partial charge in [0.15, 0.2) is 0 Å². The van der Waals surface area contributed by atoms with Crippen LogP contribution in [-0.4, -0.2) is 77.9 Å². The number of aliphatic imine (C=N–C) groups is 1. The zero-order valence-electron chi connectivity index (χ0n) is 24.2. The Morgan fingerprint density at radius 2 is 1.69 bits per heavy atom. The van der Waals surface area contributed by atoms with Crippen LogP contribution >= 0.6 is 0 Å². The van der Waals surface area contributed by atoms with Crippen LogP contribution in [0.25, 0.3) is 0 Å². The van der Waals surface area contributed by atoms with Crippen molar-refractivity contribution in [3.63, 3.8) is 0 Å². The SMILES string of the molecule is CCN(CC)CCOC(=O)C1C(C)=NC(C)=C(C(=O)OCCNC(=O)c2ccccc2O)C1c1ccccc1[N+](=O)[O-]. The first kappa shape index (κ1) is 31.9. The summed E-state index contributed by atoms with van der Waals surface area (Å²) in [5, 5.41) is 24.4. The molecule has 1 aliphatic rings. The molecule has 2 aromatic carbocycles. The van der Waals surface area contributed by atoms with Gasteiger partial charge < -0.3 is 24.8 Å². The number of carbonyl (C=O) groups is 3. The number of rotatable bonds is 13. The van der Waals surface area contributed by atoms with Gasteiger partial charge >= 0.3 is 11.9 Å². The Bertz CT molecular complexity index is 1380. The summed E-state index contributed by atoms with van der Waals surface area (Å²) >= 11 is 0. The number of phenols is 1. The highest BCUT2D eigenvalue weighted by Gasteiger charge is 2.44. The van der Waals surface area contributed by atoms with Gasteiger partial charge in [0.1, 0.15) is 24.9 Å². The van der Waals surface area contributed by atoms with Crippen LogP contribution in [0.2, 0.25) is 0 Å². The molecule has 3 rings (SSSR count). The fourth-order valence-electron chi connectivity index (χ4n) is 4.91. The van der Waals surface area contributed by atoms with Crippen LogP contribution in [-0.2, 0) is 19.1 Å². The molecular weight excluding hydrogens is 544 g/mol. The second-order valence-electron chi connectivity index (χ2n) is 9.63. The highest BCUT2D eigenvalue weighted by Crippen LogP contribution is 2.43. The monoisotopic (exact) mass is 580 g/mol. The normalized spacial score (nSPS) is 16.5. The van der Waals surface area contributed by atoms with E-state index in [1.165, 1.54) is 30.3 Å². The maximum atomic E-state index is 13.5. The van der Waals surface area contributed by atoms with E-state index in [1.54, 1.807) is 32.0 Å². The smallest absolute Gasteiger partial charge is 0.336 e. The Balaban J connectivity index is 1.86. The number of ether oxygens (including phenoxy) is 2. The number of para-hydroxylation sites is 2. The first-order chi connectivity index (χ1) is 20.1. The number of esters is 2. The Morgan fingerprint density at radius 1 is 1.02 bits per heavy atom. The zero-order chi connectivity index (χ0) is 30.8. The lowest BCUT2D eigenvalue weighted by molar-refractivity contribution is -0.385. The third-order valence-electron chi connectivity index (χ3n) is 7.09. The maximum Gasteiger partial charge on any atom is 0.336 e. The van der Waals surface area contributed by atoms with Gasteiger partial charge in [0, 0.05) is 35.5 Å². The average molecular weight is 581 g/mol. The number of nitro groups is 1. The molecule has 2 atom stereocenters. The number of amides is 1. The van der Waals surface area contributed by atoms with E-state index in [-0.39, 0.29) is 53.6 Å². The average Bonchev–Trinajstić information content (AvgIpc) is 2.97. The molecule has 0 aliphatic carbocycles. The van der Waals surface area contributed by atoms with Gasteiger partial charge in [0.25, 0.3) is 11.6 Å². The van der Waals surface area contributed by atoms with Gasteiger partial charge in [0.05, 0.1) is 22.6 Å². The van der Waals surface area contributed by atoms with E-state index in [2.05, 4.69) is 15.2 Å². The summed E-state index contributed by atoms with van der Waals surface area (Å²) in [6.45, 7) is 9.06. The van der Waals surface area contributed by atoms with Crippen molar-refractivity contribution in [2.24, 2.45) is 10.9 Å². The molecule has 0 saturated heterocycles. The summed E-state index contributed by atoms with van der Waals surface area (Å²) in [4.78, 5) is 57.2. The minimum Gasteiger partial charge on any atom is -0.507 e. The molecule has 42 heavy (non-hydrogen) atoms. The van der Waals surface area contributed by atoms with E-state index in [1.807, 2.05) is 13.8 Å². The summed E-state index contributed by atoms with van der Waals surface area (Å²) in [6, 6.07) is 11.9. The Hall–Kier alpha value is -4.58. The van der Waals surface area contributed by atoms with E-state index in [4.69, 9.17) is 9.47 Å². The highest BCUT2D eigenvalue weighted by atomic mass is 16.6. The van der Waals surface area contributed by atoms with Crippen molar-refractivity contribution in [3.05, 3.63) is 81.0 Å². The molecule has 1 aliphatic heterocycles. The summed E-state index contributed by atoms with van der Waals surface area (Å²) < 4.78 is 11.1. The largest absolute Gasteiger partial charge is 0.507 e. The molecule has 0 fully saturated rings. The van der Waals surface area contributed by atoms with Gasteiger partial charge in [-0.25, -0.2) is 4.79 Å². The fraction of sp³-hybridized carbons (Fsp3) is 0.400. The van der Waals surface area contributed by atoms with Gasteiger partial charge in [-0.15, -0.1) is 0 Å². The molecular formula is C30H36N4O8. The molecule has 1 amide bonds. The van der Waals surface area contributed by atoms with Gasteiger partial charge in [-0.05, 0) is 39.1 Å². The number of aromatic hydroxyl groups is 1. The molecule has 1 heterocycles. The third kappa shape index (κ3) is 7.58. The van der Waals surface area contributed by atoms with Crippen molar-refractivity contribution >= 4 is 29.2 Å². The lowest BCUT2D eigenvalue weighted by Crippen LogP contribution is -2.38. The molecule has 2 aromatic rings. The van der Waals surface area contributed by atoms with Crippen LogP contribution in [0.3, 0.4) is 0 Å². The van der Waals surface area contributed by atoms with Crippen molar-refractivity contribution in [1.29, 1.82) is 0 Å². The Morgan fingerprint density at radius 3 is 2.36 bits per heavy atom. The van der Waals surface area contributed by atoms with E-state index in [0.29, 0.717) is 12.3 Å². The zero-order valence-corrected chi connectivity index (χ0v) is 24.2. The van der Waals surface area contributed by atoms with Crippen LogP contribution in [0.4, 0.5) is 5.69 Å². The molecule has 224 valence electrons. The molecule has 0 bridgehead atoms. The molecule has 12 heteroatoms. The fourth-order valence-corrected chi connectivity index (χ4v) is 4.91. The first-order valence-corrected chi connectivity index (χ1v) is 13.7. The predicted molar refractivity (Wildman–Crippen MR) is 155 cm³/mol. The topological polar surface area (TPSA) is 161 Å². The van der Waals surface area contributed by atoms with E-state index < -0.39 is 34.6 Å². The minimum absolute atomic E-state index is 0.00683. The second-order valence-corrected chi connectivity index (χ2v) is 9.63. The highest BCUT2D eigenvalue weighted by molar-refractivity contribution is 6.07. The van der Waals surface area contributed by atoms with Gasteiger partial charge in [-0.3, -0.25) is 24.7 Å². The third-order valence-corrected chi connectivity index (χ3v) is 7.09. The second kappa shape index (κ2) is 14.9. The summed E-state index contributed by atoms with van der Waals surface area (Å²) in [7, 11) is 0. The van der Waals surface area contributed by atoms with Crippen LogP contribution < -0.4 is 5.32 Å². The number of allylic oxidation sites excluding steroid dienone is 1. The molecule has 0 aromatic heterocycles. The molecule has 12 nitrogen and oxygen atoms in total. The quantitative estimate of drug-likeness (QED) is 0.156. The van der Waals surface area contributed by atoms with Crippen molar-refractivity contribution in [3.8, 4) is 5.75 Å². The molecule has 2 unspecified atom stereocenters. The number of nitrogens with zero attached hydrogens (tertiary/aromatic N) is 3. The summed E-state index contributed by atoms with van der Waals surface area (Å²) in [6.07, 6.45) is 0. The Labute approximate surface area is 244 Å². The van der Waals surface area contributed by atoms with Gasteiger partial charge in [-0.2, -0.15) is 0 Å². The van der Waals surface area contributed by atoms with Crippen LogP contribution in [0, 0.1) is 16.0 Å². The molecule has 0 saturated carbocycles. The van der Waals surface area contributed by atoms with E-state index >= 15 is 0 Å². The number of phenolic OH excluding ortho intramolecular Hbond substituents is 1. The number of benzene rings is 2. The van der Waals surface area contributed by atoms with Gasteiger partial charge in [0.2, 0.25) is 0 Å².